The van der Waals surface area contributed by atoms with Crippen molar-refractivity contribution in [1.82, 2.24) is 4.90 Å². The van der Waals surface area contributed by atoms with Crippen LogP contribution in [0.3, 0.4) is 0 Å². The first-order chi connectivity index (χ1) is 8.54. The first-order valence-corrected chi connectivity index (χ1v) is 7.35. The van der Waals surface area contributed by atoms with Gasteiger partial charge in [0.25, 0.3) is 0 Å². The fraction of sp³-hybridized carbons (Fsp3) is 0.462. The highest BCUT2D eigenvalue weighted by Gasteiger charge is 2.32. The Bertz CT molecular complexity index is 464. The van der Waals surface area contributed by atoms with Crippen LogP contribution in [-0.4, -0.2) is 37.2 Å². The number of amides is 1. The van der Waals surface area contributed by atoms with E-state index in [2.05, 4.69) is 0 Å². The fourth-order valence-corrected chi connectivity index (χ4v) is 3.69. The number of benzene rings is 1. The van der Waals surface area contributed by atoms with Crippen molar-refractivity contribution in [1.29, 1.82) is 0 Å². The van der Waals surface area contributed by atoms with Gasteiger partial charge in [0, 0.05) is 36.9 Å². The molecule has 1 unspecified atom stereocenters. The molecule has 1 saturated heterocycles. The lowest BCUT2D eigenvalue weighted by Crippen LogP contribution is -2.27. The second-order valence-electron chi connectivity index (χ2n) is 4.44. The lowest BCUT2D eigenvalue weighted by atomic mass is 10.1. The molecule has 1 atom stereocenters. The van der Waals surface area contributed by atoms with Crippen molar-refractivity contribution in [3.8, 4) is 0 Å². The van der Waals surface area contributed by atoms with E-state index >= 15 is 0 Å². The van der Waals surface area contributed by atoms with Gasteiger partial charge < -0.3 is 9.80 Å². The molecule has 1 fully saturated rings. The number of nitrogens with zero attached hydrogens (tertiary/aromatic N) is 2. The molecule has 0 saturated carbocycles. The summed E-state index contributed by atoms with van der Waals surface area (Å²) < 4.78 is 0. The summed E-state index contributed by atoms with van der Waals surface area (Å²) in [7, 11) is 3.97. The van der Waals surface area contributed by atoms with Crippen LogP contribution in [0, 0.1) is 0 Å². The van der Waals surface area contributed by atoms with Crippen LogP contribution in [0.25, 0.3) is 0 Å². The van der Waals surface area contributed by atoms with E-state index < -0.39 is 0 Å². The molecule has 0 radical (unpaired) electrons. The van der Waals surface area contributed by atoms with Gasteiger partial charge in [-0.3, -0.25) is 4.79 Å². The van der Waals surface area contributed by atoms with Crippen molar-refractivity contribution < 1.29 is 4.79 Å². The minimum absolute atomic E-state index is 0.0613. The van der Waals surface area contributed by atoms with Crippen molar-refractivity contribution >= 4 is 35.0 Å². The number of hydrogen-bond acceptors (Lipinski definition) is 3. The number of halogens is 1. The van der Waals surface area contributed by atoms with Gasteiger partial charge in [0.15, 0.2) is 0 Å². The standard InChI is InChI=1S/C13H17ClN2OS/c1-4-16-12(17)8-18-13(16)10-6-5-9(15(2)3)7-11(10)14/h5-7,13H,4,8H2,1-3H3. The number of hydrogen-bond donors (Lipinski definition) is 0. The Hall–Kier alpha value is -0.870. The van der Waals surface area contributed by atoms with Crippen LogP contribution >= 0.6 is 23.4 Å². The fourth-order valence-electron chi connectivity index (χ4n) is 2.05. The maximum atomic E-state index is 11.7. The Balaban J connectivity index is 2.31. The first kappa shape index (κ1) is 13.6. The molecule has 0 spiro atoms. The Morgan fingerprint density at radius 1 is 1.50 bits per heavy atom. The van der Waals surface area contributed by atoms with Crippen molar-refractivity contribution in [2.45, 2.75) is 12.3 Å². The third-order valence-corrected chi connectivity index (χ3v) is 4.64. The lowest BCUT2D eigenvalue weighted by molar-refractivity contribution is -0.127. The van der Waals surface area contributed by atoms with Gasteiger partial charge in [-0.2, -0.15) is 0 Å². The van der Waals surface area contributed by atoms with Crippen LogP contribution in [0.15, 0.2) is 18.2 Å². The number of carbonyl (C=O) groups excluding carboxylic acids is 1. The van der Waals surface area contributed by atoms with E-state index in [4.69, 9.17) is 11.6 Å². The largest absolute Gasteiger partial charge is 0.378 e. The normalized spacial score (nSPS) is 19.4. The summed E-state index contributed by atoms with van der Waals surface area (Å²) in [5.74, 6) is 0.741. The Morgan fingerprint density at radius 3 is 2.78 bits per heavy atom. The molecule has 0 aromatic heterocycles. The van der Waals surface area contributed by atoms with Crippen LogP contribution in [0.4, 0.5) is 5.69 Å². The average Bonchev–Trinajstić information content (AvgIpc) is 2.70. The molecule has 98 valence electrons. The molecule has 2 rings (SSSR count). The zero-order valence-electron chi connectivity index (χ0n) is 10.8. The van der Waals surface area contributed by atoms with Gasteiger partial charge in [-0.1, -0.05) is 17.7 Å². The molecule has 18 heavy (non-hydrogen) atoms. The predicted molar refractivity (Wildman–Crippen MR) is 78.4 cm³/mol. The predicted octanol–water partition coefficient (Wildman–Crippen LogP) is 3.00. The van der Waals surface area contributed by atoms with Gasteiger partial charge in [0.2, 0.25) is 5.91 Å². The monoisotopic (exact) mass is 284 g/mol. The third-order valence-electron chi connectivity index (χ3n) is 3.08. The molecule has 5 heteroatoms. The van der Waals surface area contributed by atoms with Crippen molar-refractivity contribution in [3.05, 3.63) is 28.8 Å². The van der Waals surface area contributed by atoms with E-state index in [1.165, 1.54) is 0 Å². The van der Waals surface area contributed by atoms with Gasteiger partial charge in [0.05, 0.1) is 5.75 Å². The van der Waals surface area contributed by atoms with Crippen molar-refractivity contribution in [2.24, 2.45) is 0 Å². The summed E-state index contributed by atoms with van der Waals surface area (Å²) in [6.45, 7) is 2.72. The first-order valence-electron chi connectivity index (χ1n) is 5.92. The van der Waals surface area contributed by atoms with E-state index in [1.54, 1.807) is 11.8 Å². The van der Waals surface area contributed by atoms with Crippen molar-refractivity contribution in [3.63, 3.8) is 0 Å². The minimum Gasteiger partial charge on any atom is -0.378 e. The highest BCUT2D eigenvalue weighted by Crippen LogP contribution is 2.41. The molecule has 1 aromatic rings. The highest BCUT2D eigenvalue weighted by atomic mass is 35.5. The molecular weight excluding hydrogens is 268 g/mol. The topological polar surface area (TPSA) is 23.6 Å². The molecule has 3 nitrogen and oxygen atoms in total. The van der Waals surface area contributed by atoms with Crippen LogP contribution < -0.4 is 4.90 Å². The van der Waals surface area contributed by atoms with Gasteiger partial charge in [-0.05, 0) is 19.1 Å². The molecular formula is C13H17ClN2OS. The quantitative estimate of drug-likeness (QED) is 0.852. The number of carbonyl (C=O) groups is 1. The molecule has 1 amide bonds. The van der Waals surface area contributed by atoms with Gasteiger partial charge in [0.1, 0.15) is 5.37 Å². The van der Waals surface area contributed by atoms with E-state index in [-0.39, 0.29) is 11.3 Å². The van der Waals surface area contributed by atoms with E-state index in [9.17, 15) is 4.79 Å². The van der Waals surface area contributed by atoms with Crippen LogP contribution in [0.2, 0.25) is 5.02 Å². The zero-order valence-corrected chi connectivity index (χ0v) is 12.4. The molecule has 1 aliphatic heterocycles. The van der Waals surface area contributed by atoms with Crippen LogP contribution in [-0.2, 0) is 4.79 Å². The summed E-state index contributed by atoms with van der Waals surface area (Å²) in [6, 6.07) is 6.02. The maximum Gasteiger partial charge on any atom is 0.233 e. The summed E-state index contributed by atoms with van der Waals surface area (Å²) in [4.78, 5) is 15.6. The molecule has 0 N–H and O–H groups in total. The Kier molecular flexibility index (Phi) is 4.07. The van der Waals surface area contributed by atoms with Gasteiger partial charge >= 0.3 is 0 Å². The van der Waals surface area contributed by atoms with Crippen LogP contribution in [0.5, 0.6) is 0 Å². The zero-order chi connectivity index (χ0) is 13.3. The van der Waals surface area contributed by atoms with E-state index in [0.717, 1.165) is 22.8 Å². The van der Waals surface area contributed by atoms with Gasteiger partial charge in [-0.15, -0.1) is 11.8 Å². The maximum absolute atomic E-state index is 11.7. The van der Waals surface area contributed by atoms with E-state index in [1.807, 2.05) is 49.0 Å². The lowest BCUT2D eigenvalue weighted by Gasteiger charge is -2.24. The second-order valence-corrected chi connectivity index (χ2v) is 5.92. The number of thioether (sulfide) groups is 1. The molecule has 0 aliphatic carbocycles. The molecule has 0 bridgehead atoms. The molecule has 1 aliphatic rings. The minimum atomic E-state index is 0.0613. The molecule has 1 aromatic carbocycles. The summed E-state index contributed by atoms with van der Waals surface area (Å²) >= 11 is 7.99. The highest BCUT2D eigenvalue weighted by molar-refractivity contribution is 8.00. The summed E-state index contributed by atoms with van der Waals surface area (Å²) in [5, 5.41) is 0.790. The third kappa shape index (κ3) is 2.45. The Labute approximate surface area is 117 Å². The summed E-state index contributed by atoms with van der Waals surface area (Å²) in [6.07, 6.45) is 0. The SMILES string of the molecule is CCN1C(=O)CSC1c1ccc(N(C)C)cc1Cl. The van der Waals surface area contributed by atoms with Gasteiger partial charge in [-0.25, -0.2) is 0 Å². The summed E-state index contributed by atoms with van der Waals surface area (Å²) in [5.41, 5.74) is 2.10. The number of rotatable bonds is 3. The average molecular weight is 285 g/mol. The Morgan fingerprint density at radius 2 is 2.22 bits per heavy atom. The van der Waals surface area contributed by atoms with E-state index in [0.29, 0.717) is 5.75 Å². The molecule has 1 heterocycles. The second kappa shape index (κ2) is 5.41. The van der Waals surface area contributed by atoms with Crippen LogP contribution in [0.1, 0.15) is 17.9 Å². The smallest absolute Gasteiger partial charge is 0.233 e. The van der Waals surface area contributed by atoms with Crippen molar-refractivity contribution in [2.75, 3.05) is 31.3 Å². The number of anilines is 1.